The molecule has 0 radical (unpaired) electrons. The average Bonchev–Trinajstić information content (AvgIpc) is 3.27. The minimum Gasteiger partial charge on any atom is -0.472 e. The lowest BCUT2D eigenvalue weighted by Crippen LogP contribution is -2.02. The van der Waals surface area contributed by atoms with Gasteiger partial charge in [-0.05, 0) is 24.6 Å². The maximum atomic E-state index is 11.1. The van der Waals surface area contributed by atoms with Gasteiger partial charge in [0.05, 0.1) is 18.2 Å². The Balaban J connectivity index is 1.87. The summed E-state index contributed by atoms with van der Waals surface area (Å²) in [4.78, 5) is 24.6. The van der Waals surface area contributed by atoms with Crippen LogP contribution >= 0.6 is 0 Å². The van der Waals surface area contributed by atoms with Gasteiger partial charge in [0.1, 0.15) is 12.5 Å². The van der Waals surface area contributed by atoms with Gasteiger partial charge in [-0.3, -0.25) is 4.79 Å². The molecule has 0 unspecified atom stereocenters. The van der Waals surface area contributed by atoms with E-state index in [9.17, 15) is 4.79 Å². The van der Waals surface area contributed by atoms with Gasteiger partial charge in [0, 0.05) is 18.3 Å². The average molecular weight is 333 g/mol. The van der Waals surface area contributed by atoms with Crippen molar-refractivity contribution >= 4 is 29.0 Å². The molecule has 4 rings (SSSR count). The number of aryl methyl sites for hydroxylation is 2. The van der Waals surface area contributed by atoms with Crippen LogP contribution in [0.25, 0.3) is 22.6 Å². The number of furan rings is 1. The molecular formula is C18H15N5O2. The highest BCUT2D eigenvalue weighted by atomic mass is 16.3. The van der Waals surface area contributed by atoms with E-state index in [4.69, 9.17) is 4.42 Å². The van der Waals surface area contributed by atoms with Gasteiger partial charge in [-0.15, -0.1) is 0 Å². The van der Waals surface area contributed by atoms with Crippen molar-refractivity contribution in [1.82, 2.24) is 19.5 Å². The smallest absolute Gasteiger partial charge is 0.167 e. The molecule has 0 aliphatic carbocycles. The van der Waals surface area contributed by atoms with Gasteiger partial charge in [-0.1, -0.05) is 12.1 Å². The summed E-state index contributed by atoms with van der Waals surface area (Å²) >= 11 is 0. The summed E-state index contributed by atoms with van der Waals surface area (Å²) in [6.07, 6.45) is 5.69. The second-order valence-corrected chi connectivity index (χ2v) is 5.75. The van der Waals surface area contributed by atoms with Crippen molar-refractivity contribution in [1.29, 1.82) is 0 Å². The van der Waals surface area contributed by atoms with Gasteiger partial charge in [0.2, 0.25) is 0 Å². The molecule has 0 aliphatic heterocycles. The van der Waals surface area contributed by atoms with Crippen LogP contribution in [-0.4, -0.2) is 25.8 Å². The standard InChI is InChI=1S/C18H15N5O2/c1-11-3-4-12(8-24)7-14(11)20-17-15-18(23(2)10-19-15)22-16(21-17)13-5-6-25-9-13/h3-10H,1-2H3,(H,20,21,22). The fourth-order valence-corrected chi connectivity index (χ4v) is 2.59. The number of nitrogens with one attached hydrogen (secondary N) is 1. The fourth-order valence-electron chi connectivity index (χ4n) is 2.59. The number of imidazole rings is 1. The summed E-state index contributed by atoms with van der Waals surface area (Å²) in [6.45, 7) is 1.96. The van der Waals surface area contributed by atoms with E-state index in [0.717, 1.165) is 23.1 Å². The first-order valence-corrected chi connectivity index (χ1v) is 7.70. The monoisotopic (exact) mass is 333 g/mol. The van der Waals surface area contributed by atoms with E-state index in [0.29, 0.717) is 28.4 Å². The highest BCUT2D eigenvalue weighted by molar-refractivity contribution is 5.88. The predicted molar refractivity (Wildman–Crippen MR) is 93.9 cm³/mol. The molecule has 0 saturated heterocycles. The van der Waals surface area contributed by atoms with Crippen molar-refractivity contribution in [2.75, 3.05) is 5.32 Å². The quantitative estimate of drug-likeness (QED) is 0.575. The van der Waals surface area contributed by atoms with E-state index in [1.165, 1.54) is 0 Å². The molecule has 0 atom stereocenters. The molecule has 3 aromatic heterocycles. The Labute approximate surface area is 143 Å². The summed E-state index contributed by atoms with van der Waals surface area (Å²) in [5.41, 5.74) is 4.54. The van der Waals surface area contributed by atoms with Crippen molar-refractivity contribution in [2.45, 2.75) is 6.92 Å². The number of nitrogens with zero attached hydrogens (tertiary/aromatic N) is 4. The second kappa shape index (κ2) is 5.86. The van der Waals surface area contributed by atoms with E-state index in [2.05, 4.69) is 20.3 Å². The summed E-state index contributed by atoms with van der Waals surface area (Å²) in [7, 11) is 1.88. The number of carbonyl (C=O) groups excluding carboxylic acids is 1. The predicted octanol–water partition coefficient (Wildman–Crippen LogP) is 3.49. The molecule has 0 spiro atoms. The number of aldehydes is 1. The SMILES string of the molecule is Cc1ccc(C=O)cc1Nc1nc(-c2ccoc2)nc2c1ncn2C. The van der Waals surface area contributed by atoms with E-state index < -0.39 is 0 Å². The number of rotatable bonds is 4. The van der Waals surface area contributed by atoms with Crippen LogP contribution in [0.3, 0.4) is 0 Å². The lowest BCUT2D eigenvalue weighted by atomic mass is 10.1. The molecular weight excluding hydrogens is 318 g/mol. The third-order valence-corrected chi connectivity index (χ3v) is 3.99. The topological polar surface area (TPSA) is 85.8 Å². The van der Waals surface area contributed by atoms with Crippen LogP contribution in [0.5, 0.6) is 0 Å². The third kappa shape index (κ3) is 2.65. The summed E-state index contributed by atoms with van der Waals surface area (Å²) < 4.78 is 6.97. The molecule has 0 aliphatic rings. The summed E-state index contributed by atoms with van der Waals surface area (Å²) in [5, 5.41) is 3.29. The number of carbonyl (C=O) groups is 1. The Morgan fingerprint density at radius 2 is 2.12 bits per heavy atom. The van der Waals surface area contributed by atoms with Crippen molar-refractivity contribution < 1.29 is 9.21 Å². The van der Waals surface area contributed by atoms with E-state index in [1.807, 2.05) is 24.6 Å². The van der Waals surface area contributed by atoms with Crippen LogP contribution in [0.1, 0.15) is 15.9 Å². The zero-order chi connectivity index (χ0) is 17.4. The molecule has 3 heterocycles. The number of anilines is 2. The number of fused-ring (bicyclic) bond motifs is 1. The number of benzene rings is 1. The van der Waals surface area contributed by atoms with Crippen molar-refractivity contribution in [2.24, 2.45) is 7.05 Å². The van der Waals surface area contributed by atoms with Crippen LogP contribution in [0.2, 0.25) is 0 Å². The first kappa shape index (κ1) is 15.1. The molecule has 4 aromatic rings. The molecule has 25 heavy (non-hydrogen) atoms. The number of hydrogen-bond acceptors (Lipinski definition) is 6. The molecule has 0 fully saturated rings. The molecule has 7 nitrogen and oxygen atoms in total. The van der Waals surface area contributed by atoms with Gasteiger partial charge in [0.25, 0.3) is 0 Å². The van der Waals surface area contributed by atoms with Gasteiger partial charge in [0.15, 0.2) is 22.8 Å². The lowest BCUT2D eigenvalue weighted by Gasteiger charge is -2.11. The molecule has 124 valence electrons. The Bertz CT molecular complexity index is 1070. The van der Waals surface area contributed by atoms with E-state index in [-0.39, 0.29) is 0 Å². The normalized spacial score (nSPS) is 11.0. The first-order chi connectivity index (χ1) is 12.2. The fraction of sp³-hybridized carbons (Fsp3) is 0.111. The molecule has 1 N–H and O–H groups in total. The number of aromatic nitrogens is 4. The lowest BCUT2D eigenvalue weighted by molar-refractivity contribution is 0.112. The summed E-state index contributed by atoms with van der Waals surface area (Å²) in [6, 6.07) is 7.26. The summed E-state index contributed by atoms with van der Waals surface area (Å²) in [5.74, 6) is 1.12. The second-order valence-electron chi connectivity index (χ2n) is 5.75. The van der Waals surface area contributed by atoms with Crippen molar-refractivity contribution in [3.63, 3.8) is 0 Å². The van der Waals surface area contributed by atoms with Crippen LogP contribution < -0.4 is 5.32 Å². The van der Waals surface area contributed by atoms with Gasteiger partial charge in [-0.25, -0.2) is 15.0 Å². The third-order valence-electron chi connectivity index (χ3n) is 3.99. The van der Waals surface area contributed by atoms with Gasteiger partial charge >= 0.3 is 0 Å². The van der Waals surface area contributed by atoms with E-state index >= 15 is 0 Å². The van der Waals surface area contributed by atoms with Crippen molar-refractivity contribution in [3.8, 4) is 11.4 Å². The van der Waals surface area contributed by atoms with E-state index in [1.54, 1.807) is 37.1 Å². The van der Waals surface area contributed by atoms with Crippen LogP contribution in [0.4, 0.5) is 11.5 Å². The van der Waals surface area contributed by atoms with Crippen LogP contribution in [0.15, 0.2) is 47.5 Å². The molecule has 0 amide bonds. The van der Waals surface area contributed by atoms with Gasteiger partial charge in [-0.2, -0.15) is 0 Å². The Morgan fingerprint density at radius 1 is 1.24 bits per heavy atom. The largest absolute Gasteiger partial charge is 0.472 e. The van der Waals surface area contributed by atoms with Crippen LogP contribution in [-0.2, 0) is 7.05 Å². The Morgan fingerprint density at radius 3 is 2.88 bits per heavy atom. The Kier molecular flexibility index (Phi) is 3.53. The van der Waals surface area contributed by atoms with Crippen molar-refractivity contribution in [3.05, 3.63) is 54.2 Å². The van der Waals surface area contributed by atoms with Gasteiger partial charge < -0.3 is 14.3 Å². The zero-order valence-electron chi connectivity index (χ0n) is 13.7. The number of hydrogen-bond donors (Lipinski definition) is 1. The molecule has 1 aromatic carbocycles. The van der Waals surface area contributed by atoms with Crippen LogP contribution in [0, 0.1) is 6.92 Å². The minimum absolute atomic E-state index is 0.538. The molecule has 0 saturated carbocycles. The zero-order valence-corrected chi connectivity index (χ0v) is 13.7. The highest BCUT2D eigenvalue weighted by Gasteiger charge is 2.15. The molecule has 0 bridgehead atoms. The minimum atomic E-state index is 0.538. The first-order valence-electron chi connectivity index (χ1n) is 7.70. The highest BCUT2D eigenvalue weighted by Crippen LogP contribution is 2.28. The molecule has 7 heteroatoms. The maximum Gasteiger partial charge on any atom is 0.167 e. The Hall–Kier alpha value is -3.48. The maximum absolute atomic E-state index is 11.1.